The average molecular weight is 398 g/mol. The zero-order valence-corrected chi connectivity index (χ0v) is 15.9. The molecule has 3 aromatic rings. The van der Waals surface area contributed by atoms with Gasteiger partial charge in [0.2, 0.25) is 0 Å². The number of rotatable bonds is 4. The number of anilines is 1. The number of nitrogens with zero attached hydrogens (tertiary/aromatic N) is 2. The van der Waals surface area contributed by atoms with Gasteiger partial charge in [-0.05, 0) is 23.8 Å². The first-order chi connectivity index (χ1) is 13.6. The van der Waals surface area contributed by atoms with E-state index in [0.29, 0.717) is 30.2 Å². The summed E-state index contributed by atoms with van der Waals surface area (Å²) in [7, 11) is 0. The molecule has 1 aliphatic rings. The van der Waals surface area contributed by atoms with Crippen LogP contribution in [0.1, 0.15) is 16.1 Å². The van der Waals surface area contributed by atoms with Crippen LogP contribution in [0.5, 0.6) is 5.75 Å². The molecule has 1 saturated heterocycles. The molecule has 2 aromatic carbocycles. The molecule has 1 amide bonds. The van der Waals surface area contributed by atoms with Crippen LogP contribution in [0.3, 0.4) is 0 Å². The van der Waals surface area contributed by atoms with Gasteiger partial charge in [0.25, 0.3) is 5.91 Å². The van der Waals surface area contributed by atoms with Crippen LogP contribution >= 0.6 is 11.6 Å². The number of hydrogen-bond donors (Lipinski definition) is 2. The van der Waals surface area contributed by atoms with E-state index in [-0.39, 0.29) is 11.4 Å². The number of benzene rings is 2. The Labute approximate surface area is 167 Å². The SMILES string of the molecule is O=C(NCc1ccc(Cl)cc1)c1ncc2c(N3CCOCC3)cccc2c1O. The molecule has 28 heavy (non-hydrogen) atoms. The van der Waals surface area contributed by atoms with Crippen molar-refractivity contribution in [2.24, 2.45) is 0 Å². The third-order valence-electron chi connectivity index (χ3n) is 4.82. The summed E-state index contributed by atoms with van der Waals surface area (Å²) in [6.07, 6.45) is 1.65. The lowest BCUT2D eigenvalue weighted by Gasteiger charge is -2.29. The molecule has 6 nitrogen and oxygen atoms in total. The molecule has 144 valence electrons. The van der Waals surface area contributed by atoms with Gasteiger partial charge in [0.1, 0.15) is 0 Å². The first-order valence-corrected chi connectivity index (χ1v) is 9.47. The Hall–Kier alpha value is -2.83. The average Bonchev–Trinajstić information content (AvgIpc) is 2.74. The van der Waals surface area contributed by atoms with E-state index in [1.54, 1.807) is 24.4 Å². The smallest absolute Gasteiger partial charge is 0.274 e. The van der Waals surface area contributed by atoms with Gasteiger partial charge in [-0.15, -0.1) is 0 Å². The van der Waals surface area contributed by atoms with Gasteiger partial charge in [-0.2, -0.15) is 0 Å². The number of ether oxygens (including phenoxy) is 1. The van der Waals surface area contributed by atoms with Gasteiger partial charge in [-0.3, -0.25) is 4.79 Å². The van der Waals surface area contributed by atoms with Crippen molar-refractivity contribution in [2.75, 3.05) is 31.2 Å². The fourth-order valence-electron chi connectivity index (χ4n) is 3.33. The summed E-state index contributed by atoms with van der Waals surface area (Å²) >= 11 is 5.87. The lowest BCUT2D eigenvalue weighted by molar-refractivity contribution is 0.0943. The lowest BCUT2D eigenvalue weighted by atomic mass is 10.1. The minimum Gasteiger partial charge on any atom is -0.505 e. The van der Waals surface area contributed by atoms with Crippen LogP contribution in [0, 0.1) is 0 Å². The monoisotopic (exact) mass is 397 g/mol. The third kappa shape index (κ3) is 3.74. The van der Waals surface area contributed by atoms with Crippen LogP contribution in [-0.4, -0.2) is 42.3 Å². The van der Waals surface area contributed by atoms with Crippen molar-refractivity contribution < 1.29 is 14.6 Å². The molecule has 0 spiro atoms. The van der Waals surface area contributed by atoms with Crippen LogP contribution in [0.4, 0.5) is 5.69 Å². The molecule has 0 atom stereocenters. The van der Waals surface area contributed by atoms with Gasteiger partial charge < -0.3 is 20.1 Å². The zero-order valence-electron chi connectivity index (χ0n) is 15.2. The minimum absolute atomic E-state index is 0.0144. The summed E-state index contributed by atoms with van der Waals surface area (Å²) < 4.78 is 5.41. The molecule has 1 aromatic heterocycles. The molecular formula is C21H20ClN3O3. The number of hydrogen-bond acceptors (Lipinski definition) is 5. The number of carbonyl (C=O) groups is 1. The first kappa shape index (κ1) is 18.5. The molecule has 0 unspecified atom stereocenters. The van der Waals surface area contributed by atoms with E-state index in [0.717, 1.165) is 29.7 Å². The van der Waals surface area contributed by atoms with Gasteiger partial charge in [0, 0.05) is 47.3 Å². The van der Waals surface area contributed by atoms with Crippen molar-refractivity contribution >= 4 is 34.0 Å². The summed E-state index contributed by atoms with van der Waals surface area (Å²) in [5.74, 6) is -0.535. The predicted molar refractivity (Wildman–Crippen MR) is 109 cm³/mol. The summed E-state index contributed by atoms with van der Waals surface area (Å²) in [6, 6.07) is 12.9. The van der Waals surface area contributed by atoms with Crippen molar-refractivity contribution in [3.8, 4) is 5.75 Å². The number of morpholine rings is 1. The predicted octanol–water partition coefficient (Wildman–Crippen LogP) is 3.36. The second kappa shape index (κ2) is 8.04. The van der Waals surface area contributed by atoms with E-state index in [2.05, 4.69) is 15.2 Å². The Morgan fingerprint density at radius 1 is 1.14 bits per heavy atom. The number of nitrogens with one attached hydrogen (secondary N) is 1. The molecule has 7 heteroatoms. The highest BCUT2D eigenvalue weighted by Crippen LogP contribution is 2.33. The van der Waals surface area contributed by atoms with E-state index in [1.807, 2.05) is 24.3 Å². The number of fused-ring (bicyclic) bond motifs is 1. The topological polar surface area (TPSA) is 74.7 Å². The Balaban J connectivity index is 1.58. The highest BCUT2D eigenvalue weighted by Gasteiger charge is 2.19. The molecular weight excluding hydrogens is 378 g/mol. The van der Waals surface area contributed by atoms with E-state index in [9.17, 15) is 9.90 Å². The molecule has 2 N–H and O–H groups in total. The molecule has 4 rings (SSSR count). The molecule has 0 aliphatic carbocycles. The van der Waals surface area contributed by atoms with Crippen molar-refractivity contribution in [2.45, 2.75) is 6.54 Å². The molecule has 1 fully saturated rings. The van der Waals surface area contributed by atoms with Crippen molar-refractivity contribution in [3.05, 3.63) is 64.9 Å². The van der Waals surface area contributed by atoms with Crippen LogP contribution in [0.2, 0.25) is 5.02 Å². The maximum atomic E-state index is 12.5. The van der Waals surface area contributed by atoms with E-state index in [1.165, 1.54) is 0 Å². The number of aromatic nitrogens is 1. The van der Waals surface area contributed by atoms with Gasteiger partial charge in [-0.25, -0.2) is 4.98 Å². The Morgan fingerprint density at radius 2 is 1.89 bits per heavy atom. The summed E-state index contributed by atoms with van der Waals surface area (Å²) in [5.41, 5.74) is 1.91. The van der Waals surface area contributed by atoms with Gasteiger partial charge in [-0.1, -0.05) is 35.9 Å². The van der Waals surface area contributed by atoms with Crippen molar-refractivity contribution in [3.63, 3.8) is 0 Å². The Bertz CT molecular complexity index is 1000. The molecule has 0 bridgehead atoms. The van der Waals surface area contributed by atoms with Crippen LogP contribution < -0.4 is 10.2 Å². The maximum absolute atomic E-state index is 12.5. The van der Waals surface area contributed by atoms with Crippen molar-refractivity contribution in [1.29, 1.82) is 0 Å². The molecule has 0 saturated carbocycles. The number of halogens is 1. The second-order valence-electron chi connectivity index (χ2n) is 6.60. The normalized spacial score (nSPS) is 14.2. The molecule has 1 aliphatic heterocycles. The Kier molecular flexibility index (Phi) is 5.32. The second-order valence-corrected chi connectivity index (χ2v) is 7.04. The maximum Gasteiger partial charge on any atom is 0.274 e. The Morgan fingerprint density at radius 3 is 2.64 bits per heavy atom. The number of amides is 1. The van der Waals surface area contributed by atoms with Crippen LogP contribution in [0.25, 0.3) is 10.8 Å². The quantitative estimate of drug-likeness (QED) is 0.706. The van der Waals surface area contributed by atoms with Gasteiger partial charge in [0.05, 0.1) is 13.2 Å². The summed E-state index contributed by atoms with van der Waals surface area (Å²) in [5, 5.41) is 15.5. The van der Waals surface area contributed by atoms with E-state index < -0.39 is 5.91 Å². The zero-order chi connectivity index (χ0) is 19.5. The fraction of sp³-hybridized carbons (Fsp3) is 0.238. The third-order valence-corrected chi connectivity index (χ3v) is 5.07. The fourth-order valence-corrected chi connectivity index (χ4v) is 3.45. The first-order valence-electron chi connectivity index (χ1n) is 9.09. The number of aromatic hydroxyl groups is 1. The lowest BCUT2D eigenvalue weighted by Crippen LogP contribution is -2.36. The summed E-state index contributed by atoms with van der Waals surface area (Å²) in [6.45, 7) is 3.22. The van der Waals surface area contributed by atoms with Crippen molar-refractivity contribution in [1.82, 2.24) is 10.3 Å². The van der Waals surface area contributed by atoms with Crippen LogP contribution in [-0.2, 0) is 11.3 Å². The highest BCUT2D eigenvalue weighted by atomic mass is 35.5. The molecule has 0 radical (unpaired) electrons. The largest absolute Gasteiger partial charge is 0.505 e. The summed E-state index contributed by atoms with van der Waals surface area (Å²) in [4.78, 5) is 19.0. The molecule has 2 heterocycles. The van der Waals surface area contributed by atoms with E-state index >= 15 is 0 Å². The number of pyridine rings is 1. The standard InChI is InChI=1S/C21H20ClN3O3/c22-15-6-4-14(5-7-15)12-24-21(27)19-20(26)16-2-1-3-18(17(16)13-23-19)25-8-10-28-11-9-25/h1-7,13,26H,8-12H2,(H,24,27). The number of carbonyl (C=O) groups excluding carboxylic acids is 1. The van der Waals surface area contributed by atoms with Gasteiger partial charge >= 0.3 is 0 Å². The minimum atomic E-state index is -0.425. The van der Waals surface area contributed by atoms with E-state index in [4.69, 9.17) is 16.3 Å². The van der Waals surface area contributed by atoms with Crippen LogP contribution in [0.15, 0.2) is 48.7 Å². The van der Waals surface area contributed by atoms with Gasteiger partial charge in [0.15, 0.2) is 11.4 Å². The highest BCUT2D eigenvalue weighted by molar-refractivity contribution is 6.30.